The third kappa shape index (κ3) is 3.12. The molecule has 0 fully saturated rings. The van der Waals surface area contributed by atoms with E-state index in [9.17, 15) is 4.79 Å². The molecule has 0 unspecified atom stereocenters. The highest BCUT2D eigenvalue weighted by molar-refractivity contribution is 7.09. The van der Waals surface area contributed by atoms with Crippen LogP contribution in [0.1, 0.15) is 30.5 Å². The Morgan fingerprint density at radius 3 is 2.46 bits per heavy atom. The van der Waals surface area contributed by atoms with Crippen LogP contribution in [-0.2, 0) is 6.54 Å². The second kappa shape index (κ2) is 7.33. The minimum absolute atomic E-state index is 0.187. The third-order valence-electron chi connectivity index (χ3n) is 4.02. The van der Waals surface area contributed by atoms with E-state index in [1.807, 2.05) is 5.38 Å². The predicted octanol–water partition coefficient (Wildman–Crippen LogP) is 3.05. The maximum atomic E-state index is 13.0. The van der Waals surface area contributed by atoms with E-state index in [-0.39, 0.29) is 5.56 Å². The van der Waals surface area contributed by atoms with Gasteiger partial charge in [-0.15, -0.1) is 11.3 Å². The maximum Gasteiger partial charge on any atom is 0.261 e. The van der Waals surface area contributed by atoms with Crippen molar-refractivity contribution in [3.8, 4) is 17.2 Å². The Morgan fingerprint density at radius 1 is 1.15 bits per heavy atom. The Hall–Kier alpha value is -2.61. The molecular formula is C18H21N3O4S. The van der Waals surface area contributed by atoms with Crippen molar-refractivity contribution in [3.63, 3.8) is 0 Å². The fraction of sp³-hybridized carbons (Fsp3) is 0.389. The smallest absolute Gasteiger partial charge is 0.261 e. The number of aromatic nitrogens is 3. The molecule has 0 N–H and O–H groups in total. The zero-order chi connectivity index (χ0) is 18.8. The summed E-state index contributed by atoms with van der Waals surface area (Å²) in [6, 6.07) is 1.63. The minimum Gasteiger partial charge on any atom is -0.493 e. The summed E-state index contributed by atoms with van der Waals surface area (Å²) in [5.41, 5.74) is 1.09. The van der Waals surface area contributed by atoms with E-state index in [2.05, 4.69) is 23.8 Å². The van der Waals surface area contributed by atoms with E-state index in [1.165, 1.54) is 32.2 Å². The monoisotopic (exact) mass is 375 g/mol. The number of hydrogen-bond acceptors (Lipinski definition) is 7. The molecule has 0 aliphatic carbocycles. The number of methoxy groups -OCH3 is 3. The lowest BCUT2D eigenvalue weighted by atomic mass is 10.2. The molecule has 2 heterocycles. The molecule has 0 amide bonds. The molecular weight excluding hydrogens is 354 g/mol. The van der Waals surface area contributed by atoms with Gasteiger partial charge in [-0.1, -0.05) is 13.8 Å². The molecule has 0 aliphatic rings. The number of fused-ring (bicyclic) bond motifs is 1. The summed E-state index contributed by atoms with van der Waals surface area (Å²) in [7, 11) is 4.54. The first kappa shape index (κ1) is 18.2. The predicted molar refractivity (Wildman–Crippen MR) is 101 cm³/mol. The lowest BCUT2D eigenvalue weighted by Gasteiger charge is -2.14. The van der Waals surface area contributed by atoms with E-state index in [0.29, 0.717) is 40.6 Å². The molecule has 0 radical (unpaired) electrons. The molecule has 1 aromatic carbocycles. The lowest BCUT2D eigenvalue weighted by Crippen LogP contribution is -2.21. The van der Waals surface area contributed by atoms with Gasteiger partial charge in [0, 0.05) is 11.3 Å². The molecule has 0 aliphatic heterocycles. The highest BCUT2D eigenvalue weighted by Crippen LogP contribution is 2.41. The number of rotatable bonds is 6. The molecule has 26 heavy (non-hydrogen) atoms. The van der Waals surface area contributed by atoms with Crippen molar-refractivity contribution in [1.82, 2.24) is 14.5 Å². The molecule has 2 aromatic heterocycles. The van der Waals surface area contributed by atoms with Gasteiger partial charge < -0.3 is 14.2 Å². The van der Waals surface area contributed by atoms with Crippen LogP contribution < -0.4 is 19.8 Å². The largest absolute Gasteiger partial charge is 0.493 e. The van der Waals surface area contributed by atoms with Gasteiger partial charge in [0.2, 0.25) is 5.75 Å². The van der Waals surface area contributed by atoms with E-state index in [1.54, 1.807) is 17.4 Å². The number of ether oxygens (including phenoxy) is 3. The van der Waals surface area contributed by atoms with Gasteiger partial charge in [0.15, 0.2) is 11.5 Å². The first-order valence-electron chi connectivity index (χ1n) is 8.12. The van der Waals surface area contributed by atoms with Gasteiger partial charge in [-0.2, -0.15) is 0 Å². The van der Waals surface area contributed by atoms with Crippen LogP contribution >= 0.6 is 11.3 Å². The normalized spacial score (nSPS) is 11.2. The van der Waals surface area contributed by atoms with Crippen LogP contribution in [0.3, 0.4) is 0 Å². The van der Waals surface area contributed by atoms with E-state index in [0.717, 1.165) is 10.7 Å². The van der Waals surface area contributed by atoms with Gasteiger partial charge in [-0.05, 0) is 6.07 Å². The van der Waals surface area contributed by atoms with Gasteiger partial charge >= 0.3 is 0 Å². The fourth-order valence-corrected chi connectivity index (χ4v) is 3.54. The number of hydrogen-bond donors (Lipinski definition) is 0. The van der Waals surface area contributed by atoms with E-state index < -0.39 is 0 Å². The molecule has 3 aromatic rings. The summed E-state index contributed by atoms with van der Waals surface area (Å²) < 4.78 is 17.6. The summed E-state index contributed by atoms with van der Waals surface area (Å²) in [6.45, 7) is 4.55. The second-order valence-corrected chi connectivity index (χ2v) is 6.94. The van der Waals surface area contributed by atoms with Crippen molar-refractivity contribution < 1.29 is 14.2 Å². The van der Waals surface area contributed by atoms with Crippen molar-refractivity contribution in [2.75, 3.05) is 21.3 Å². The molecule has 3 rings (SSSR count). The number of benzene rings is 1. The molecule has 0 saturated heterocycles. The molecule has 138 valence electrons. The van der Waals surface area contributed by atoms with Crippen LogP contribution in [0.4, 0.5) is 0 Å². The number of nitrogens with zero attached hydrogens (tertiary/aromatic N) is 3. The van der Waals surface area contributed by atoms with Crippen molar-refractivity contribution in [3.05, 3.63) is 38.8 Å². The van der Waals surface area contributed by atoms with Gasteiger partial charge in [-0.3, -0.25) is 9.36 Å². The standard InChI is InChI=1S/C18H21N3O4S/c1-10(2)17-20-11(8-26-17)7-21-9-19-14-12(18(21)22)6-13(23-3)15(24-4)16(14)25-5/h6,8-10H,7H2,1-5H3. The zero-order valence-corrected chi connectivity index (χ0v) is 16.2. The molecule has 0 bridgehead atoms. The van der Waals surface area contributed by atoms with Crippen molar-refractivity contribution >= 4 is 22.2 Å². The van der Waals surface area contributed by atoms with Crippen LogP contribution in [-0.4, -0.2) is 35.9 Å². The fourth-order valence-electron chi connectivity index (χ4n) is 2.71. The minimum atomic E-state index is -0.187. The first-order chi connectivity index (χ1) is 12.5. The Balaban J connectivity index is 2.11. The van der Waals surface area contributed by atoms with Crippen molar-refractivity contribution in [2.24, 2.45) is 0 Å². The summed E-state index contributed by atoms with van der Waals surface area (Å²) in [4.78, 5) is 22.0. The van der Waals surface area contributed by atoms with E-state index in [4.69, 9.17) is 14.2 Å². The average molecular weight is 375 g/mol. The molecule has 0 spiro atoms. The molecule has 8 heteroatoms. The van der Waals surface area contributed by atoms with Gasteiger partial charge in [0.1, 0.15) is 5.52 Å². The lowest BCUT2D eigenvalue weighted by molar-refractivity contribution is 0.326. The van der Waals surface area contributed by atoms with Gasteiger partial charge in [-0.25, -0.2) is 9.97 Å². The van der Waals surface area contributed by atoms with Gasteiger partial charge in [0.05, 0.1) is 50.3 Å². The van der Waals surface area contributed by atoms with Crippen molar-refractivity contribution in [2.45, 2.75) is 26.3 Å². The number of thiazole rings is 1. The van der Waals surface area contributed by atoms with Crippen LogP contribution in [0.2, 0.25) is 0 Å². The van der Waals surface area contributed by atoms with Crippen molar-refractivity contribution in [1.29, 1.82) is 0 Å². The summed E-state index contributed by atoms with van der Waals surface area (Å²) in [5.74, 6) is 1.57. The molecule has 0 atom stereocenters. The maximum absolute atomic E-state index is 13.0. The second-order valence-electron chi connectivity index (χ2n) is 6.05. The topological polar surface area (TPSA) is 75.5 Å². The Bertz CT molecular complexity index is 994. The van der Waals surface area contributed by atoms with Crippen LogP contribution in [0.5, 0.6) is 17.2 Å². The van der Waals surface area contributed by atoms with Crippen LogP contribution in [0, 0.1) is 0 Å². The molecule has 7 nitrogen and oxygen atoms in total. The quantitative estimate of drug-likeness (QED) is 0.659. The van der Waals surface area contributed by atoms with Gasteiger partial charge in [0.25, 0.3) is 5.56 Å². The Kier molecular flexibility index (Phi) is 5.13. The summed E-state index contributed by atoms with van der Waals surface area (Å²) in [5, 5.41) is 3.43. The highest BCUT2D eigenvalue weighted by Gasteiger charge is 2.19. The van der Waals surface area contributed by atoms with Crippen LogP contribution in [0.25, 0.3) is 10.9 Å². The summed E-state index contributed by atoms with van der Waals surface area (Å²) in [6.07, 6.45) is 1.51. The average Bonchev–Trinajstić information content (AvgIpc) is 3.11. The Labute approximate surface area is 155 Å². The first-order valence-corrected chi connectivity index (χ1v) is 9.00. The van der Waals surface area contributed by atoms with E-state index >= 15 is 0 Å². The SMILES string of the molecule is COc1cc2c(=O)n(Cc3csc(C(C)C)n3)cnc2c(OC)c1OC. The highest BCUT2D eigenvalue weighted by atomic mass is 32.1. The zero-order valence-electron chi connectivity index (χ0n) is 15.4. The third-order valence-corrected chi connectivity index (χ3v) is 5.21. The summed E-state index contributed by atoms with van der Waals surface area (Å²) >= 11 is 1.60. The van der Waals surface area contributed by atoms with Crippen LogP contribution in [0.15, 0.2) is 22.6 Å². The Morgan fingerprint density at radius 2 is 1.88 bits per heavy atom. The molecule has 0 saturated carbocycles.